The van der Waals surface area contributed by atoms with E-state index in [0.29, 0.717) is 31.2 Å². The van der Waals surface area contributed by atoms with Gasteiger partial charge < -0.3 is 4.74 Å². The first-order chi connectivity index (χ1) is 16.7. The highest BCUT2D eigenvalue weighted by Gasteiger charge is 2.27. The summed E-state index contributed by atoms with van der Waals surface area (Å²) in [5, 5.41) is 0. The van der Waals surface area contributed by atoms with Crippen LogP contribution in [-0.4, -0.2) is 6.61 Å². The normalized spacial score (nSPS) is 18.1. The van der Waals surface area contributed by atoms with E-state index in [0.717, 1.165) is 0 Å². The first kappa shape index (κ1) is 25.1. The predicted octanol–water partition coefficient (Wildman–Crippen LogP) is 8.41. The van der Waals surface area contributed by atoms with Crippen molar-refractivity contribution >= 4 is 0 Å². The molecule has 0 heterocycles. The number of rotatable bonds is 6. The monoisotopic (exact) mass is 492 g/mol. The summed E-state index contributed by atoms with van der Waals surface area (Å²) >= 11 is 0. The highest BCUT2D eigenvalue weighted by molar-refractivity contribution is 5.66. The molecular formula is C28H26F6O. The van der Waals surface area contributed by atoms with Crippen LogP contribution in [0.4, 0.5) is 26.3 Å². The lowest BCUT2D eigenvalue weighted by Gasteiger charge is -2.29. The van der Waals surface area contributed by atoms with Gasteiger partial charge in [0, 0.05) is 11.1 Å². The van der Waals surface area contributed by atoms with E-state index in [1.807, 2.05) is 0 Å². The van der Waals surface area contributed by atoms with Crippen LogP contribution in [0.1, 0.15) is 55.2 Å². The number of hydrogen-bond acceptors (Lipinski definition) is 1. The van der Waals surface area contributed by atoms with Crippen molar-refractivity contribution in [2.75, 3.05) is 6.61 Å². The molecule has 0 saturated heterocycles. The lowest BCUT2D eigenvalue weighted by Crippen LogP contribution is -2.20. The molecule has 1 aliphatic carbocycles. The zero-order valence-electron chi connectivity index (χ0n) is 19.5. The van der Waals surface area contributed by atoms with Crippen LogP contribution in [0.2, 0.25) is 0 Å². The summed E-state index contributed by atoms with van der Waals surface area (Å²) in [5.41, 5.74) is 0.0332. The van der Waals surface area contributed by atoms with Crippen molar-refractivity contribution in [3.05, 3.63) is 88.0 Å². The Hall–Kier alpha value is -2.96. The van der Waals surface area contributed by atoms with Crippen LogP contribution >= 0.6 is 0 Å². The molecule has 0 aromatic heterocycles. The van der Waals surface area contributed by atoms with Crippen molar-refractivity contribution in [2.45, 2.75) is 51.9 Å². The van der Waals surface area contributed by atoms with Gasteiger partial charge in [-0.05, 0) is 79.7 Å². The largest absolute Gasteiger partial charge is 0.490 e. The summed E-state index contributed by atoms with van der Waals surface area (Å²) in [7, 11) is 0. The van der Waals surface area contributed by atoms with Gasteiger partial charge in [-0.2, -0.15) is 4.39 Å². The molecule has 0 atom stereocenters. The second-order valence-electron chi connectivity index (χ2n) is 9.12. The van der Waals surface area contributed by atoms with Crippen molar-refractivity contribution in [1.82, 2.24) is 0 Å². The Morgan fingerprint density at radius 2 is 1.31 bits per heavy atom. The van der Waals surface area contributed by atoms with Crippen LogP contribution in [-0.2, 0) is 6.42 Å². The first-order valence-electron chi connectivity index (χ1n) is 11.7. The van der Waals surface area contributed by atoms with Gasteiger partial charge in [-0.1, -0.05) is 31.2 Å². The topological polar surface area (TPSA) is 9.23 Å². The lowest BCUT2D eigenvalue weighted by molar-refractivity contribution is 0.192. The minimum absolute atomic E-state index is 0.0415. The SMILES string of the molecule is CCc1ccc(-c2ccc(OCC3CCC(c4ccc(C)c(F)c4F)CC3)c(F)c2F)c(F)c1F. The van der Waals surface area contributed by atoms with Crippen LogP contribution in [0.15, 0.2) is 36.4 Å². The smallest absolute Gasteiger partial charge is 0.201 e. The van der Waals surface area contributed by atoms with Gasteiger partial charge in [-0.15, -0.1) is 0 Å². The van der Waals surface area contributed by atoms with Gasteiger partial charge in [0.1, 0.15) is 0 Å². The Morgan fingerprint density at radius 1 is 0.686 bits per heavy atom. The highest BCUT2D eigenvalue weighted by Crippen LogP contribution is 2.38. The van der Waals surface area contributed by atoms with E-state index in [9.17, 15) is 26.3 Å². The Bertz CT molecular complexity index is 1230. The highest BCUT2D eigenvalue weighted by atomic mass is 19.2. The van der Waals surface area contributed by atoms with Crippen molar-refractivity contribution < 1.29 is 31.1 Å². The molecule has 0 bridgehead atoms. The van der Waals surface area contributed by atoms with Gasteiger partial charge in [-0.3, -0.25) is 0 Å². The average Bonchev–Trinajstić information content (AvgIpc) is 2.86. The van der Waals surface area contributed by atoms with E-state index >= 15 is 0 Å². The molecule has 0 unspecified atom stereocenters. The molecule has 0 radical (unpaired) electrons. The van der Waals surface area contributed by atoms with Gasteiger partial charge in [0.05, 0.1) is 6.61 Å². The minimum Gasteiger partial charge on any atom is -0.490 e. The van der Waals surface area contributed by atoms with Crippen LogP contribution in [0.25, 0.3) is 11.1 Å². The number of aryl methyl sites for hydroxylation is 2. The molecule has 3 aromatic carbocycles. The zero-order chi connectivity index (χ0) is 25.3. The first-order valence-corrected chi connectivity index (χ1v) is 11.7. The molecule has 3 aromatic rings. The second-order valence-corrected chi connectivity index (χ2v) is 9.12. The quantitative estimate of drug-likeness (QED) is 0.314. The Morgan fingerprint density at radius 3 is 1.97 bits per heavy atom. The summed E-state index contributed by atoms with van der Waals surface area (Å²) in [5.74, 6) is -6.89. The molecule has 0 spiro atoms. The molecule has 1 aliphatic rings. The number of hydrogen-bond donors (Lipinski definition) is 0. The maximum Gasteiger partial charge on any atom is 0.201 e. The molecule has 4 rings (SSSR count). The molecule has 0 amide bonds. The van der Waals surface area contributed by atoms with E-state index in [-0.39, 0.29) is 52.9 Å². The number of benzene rings is 3. The number of halogens is 6. The summed E-state index contributed by atoms with van der Waals surface area (Å²) < 4.78 is 91.7. The molecule has 186 valence electrons. The van der Waals surface area contributed by atoms with Gasteiger partial charge in [0.2, 0.25) is 5.82 Å². The fraction of sp³-hybridized carbons (Fsp3) is 0.357. The van der Waals surface area contributed by atoms with Gasteiger partial charge in [0.15, 0.2) is 34.8 Å². The predicted molar refractivity (Wildman–Crippen MR) is 122 cm³/mol. The fourth-order valence-corrected chi connectivity index (χ4v) is 4.75. The summed E-state index contributed by atoms with van der Waals surface area (Å²) in [6.45, 7) is 3.31. The molecule has 0 N–H and O–H groups in total. The Labute approximate surface area is 200 Å². The Kier molecular flexibility index (Phi) is 7.43. The van der Waals surface area contributed by atoms with Crippen molar-refractivity contribution in [2.24, 2.45) is 5.92 Å². The van der Waals surface area contributed by atoms with Gasteiger partial charge in [0.25, 0.3) is 0 Å². The van der Waals surface area contributed by atoms with Crippen molar-refractivity contribution in [3.63, 3.8) is 0 Å². The van der Waals surface area contributed by atoms with Gasteiger partial charge >= 0.3 is 0 Å². The van der Waals surface area contributed by atoms with E-state index in [4.69, 9.17) is 4.74 Å². The van der Waals surface area contributed by atoms with E-state index in [1.165, 1.54) is 31.2 Å². The lowest BCUT2D eigenvalue weighted by atomic mass is 9.78. The standard InChI is InChI=1S/C28H26F6O/c1-3-17-9-11-20(26(32)24(17)30)21-12-13-22(28(34)27(21)33)35-14-16-5-7-18(8-6-16)19-10-4-15(2)23(29)25(19)31/h4,9-13,16,18H,3,5-8,14H2,1-2H3. The molecule has 7 heteroatoms. The Balaban J connectivity index is 1.41. The third-order valence-corrected chi connectivity index (χ3v) is 6.95. The minimum atomic E-state index is -1.31. The molecule has 35 heavy (non-hydrogen) atoms. The van der Waals surface area contributed by atoms with Crippen LogP contribution in [0.5, 0.6) is 5.75 Å². The summed E-state index contributed by atoms with van der Waals surface area (Å²) in [4.78, 5) is 0. The summed E-state index contributed by atoms with van der Waals surface area (Å²) in [6, 6.07) is 8.15. The van der Waals surface area contributed by atoms with E-state index in [1.54, 1.807) is 19.1 Å². The maximum atomic E-state index is 14.7. The fourth-order valence-electron chi connectivity index (χ4n) is 4.75. The summed E-state index contributed by atoms with van der Waals surface area (Å²) in [6.07, 6.45) is 2.85. The van der Waals surface area contributed by atoms with Gasteiger partial charge in [-0.25, -0.2) is 22.0 Å². The van der Waals surface area contributed by atoms with Crippen LogP contribution < -0.4 is 4.74 Å². The average molecular weight is 493 g/mol. The molecule has 1 nitrogen and oxygen atoms in total. The number of ether oxygens (including phenoxy) is 1. The van der Waals surface area contributed by atoms with Crippen molar-refractivity contribution in [1.29, 1.82) is 0 Å². The van der Waals surface area contributed by atoms with Crippen molar-refractivity contribution in [3.8, 4) is 16.9 Å². The molecule has 0 aliphatic heterocycles. The molecular weight excluding hydrogens is 466 g/mol. The third kappa shape index (κ3) is 4.91. The van der Waals surface area contributed by atoms with E-state index in [2.05, 4.69) is 0 Å². The van der Waals surface area contributed by atoms with Crippen LogP contribution in [0.3, 0.4) is 0 Å². The zero-order valence-corrected chi connectivity index (χ0v) is 19.5. The maximum absolute atomic E-state index is 14.7. The van der Waals surface area contributed by atoms with Crippen LogP contribution in [0, 0.1) is 47.7 Å². The molecule has 1 saturated carbocycles. The third-order valence-electron chi connectivity index (χ3n) is 6.95. The molecule has 1 fully saturated rings. The van der Waals surface area contributed by atoms with E-state index < -0.39 is 34.9 Å². The second kappa shape index (κ2) is 10.3.